The summed E-state index contributed by atoms with van der Waals surface area (Å²) < 4.78 is 2.03. The van der Waals surface area contributed by atoms with Crippen LogP contribution in [0.25, 0.3) is 0 Å². The van der Waals surface area contributed by atoms with Gasteiger partial charge in [-0.05, 0) is 42.9 Å². The predicted octanol–water partition coefficient (Wildman–Crippen LogP) is 3.02. The van der Waals surface area contributed by atoms with Gasteiger partial charge < -0.3 is 5.73 Å². The van der Waals surface area contributed by atoms with Crippen LogP contribution in [-0.4, -0.2) is 20.8 Å². The first kappa shape index (κ1) is 15.5. The van der Waals surface area contributed by atoms with Crippen LogP contribution in [-0.2, 0) is 13.0 Å². The average molecular weight is 278 g/mol. The molecule has 0 amide bonds. The van der Waals surface area contributed by atoms with E-state index in [0.717, 1.165) is 18.8 Å². The van der Waals surface area contributed by atoms with Crippen LogP contribution < -0.4 is 5.73 Å². The summed E-state index contributed by atoms with van der Waals surface area (Å²) in [5, 5.41) is 4.33. The maximum atomic E-state index is 6.45. The monoisotopic (exact) mass is 278 g/mol. The van der Waals surface area contributed by atoms with Gasteiger partial charge >= 0.3 is 0 Å². The van der Waals surface area contributed by atoms with E-state index >= 15 is 0 Å². The highest BCUT2D eigenvalue weighted by atomic mass is 15.3. The zero-order valence-corrected chi connectivity index (χ0v) is 13.5. The summed E-state index contributed by atoms with van der Waals surface area (Å²) >= 11 is 0. The van der Waals surface area contributed by atoms with Gasteiger partial charge in [-0.2, -0.15) is 5.10 Å². The summed E-state index contributed by atoms with van der Waals surface area (Å²) in [6.07, 6.45) is 7.62. The van der Waals surface area contributed by atoms with Crippen molar-refractivity contribution in [3.63, 3.8) is 0 Å². The van der Waals surface area contributed by atoms with E-state index in [-0.39, 0.29) is 6.04 Å². The molecule has 1 aromatic rings. The van der Waals surface area contributed by atoms with Crippen LogP contribution in [0.2, 0.25) is 0 Å². The maximum Gasteiger partial charge on any atom is 0.138 e. The molecule has 0 bridgehead atoms. The molecule has 1 unspecified atom stereocenters. The SMILES string of the molecule is CC(C)Cn1ncnc1CC(N)C1CCC(C)(C)CC1. The van der Waals surface area contributed by atoms with Crippen molar-refractivity contribution in [1.82, 2.24) is 14.8 Å². The summed E-state index contributed by atoms with van der Waals surface area (Å²) in [5.41, 5.74) is 6.95. The molecule has 2 rings (SSSR count). The number of rotatable bonds is 5. The van der Waals surface area contributed by atoms with E-state index in [1.807, 2.05) is 4.68 Å². The number of aromatic nitrogens is 3. The lowest BCUT2D eigenvalue weighted by Crippen LogP contribution is -2.37. The summed E-state index contributed by atoms with van der Waals surface area (Å²) in [6, 6.07) is 0.223. The van der Waals surface area contributed by atoms with E-state index in [1.165, 1.54) is 25.7 Å². The largest absolute Gasteiger partial charge is 0.327 e. The maximum absolute atomic E-state index is 6.45. The molecule has 114 valence electrons. The normalized spacial score (nSPS) is 21.3. The summed E-state index contributed by atoms with van der Waals surface area (Å²) in [6.45, 7) is 10.1. The minimum atomic E-state index is 0.223. The Morgan fingerprint density at radius 3 is 2.60 bits per heavy atom. The van der Waals surface area contributed by atoms with E-state index in [2.05, 4.69) is 37.8 Å². The van der Waals surface area contributed by atoms with Crippen LogP contribution in [0.3, 0.4) is 0 Å². The second kappa shape index (κ2) is 6.25. The van der Waals surface area contributed by atoms with Crippen LogP contribution in [0, 0.1) is 17.3 Å². The van der Waals surface area contributed by atoms with Crippen molar-refractivity contribution in [2.75, 3.05) is 0 Å². The van der Waals surface area contributed by atoms with Crippen molar-refractivity contribution in [2.24, 2.45) is 23.0 Å². The van der Waals surface area contributed by atoms with Gasteiger partial charge in [0.1, 0.15) is 12.2 Å². The molecular formula is C16H30N4. The molecule has 1 atom stereocenters. The lowest BCUT2D eigenvalue weighted by molar-refractivity contribution is 0.171. The standard InChI is InChI=1S/C16H30N4/c1-12(2)10-20-15(18-11-19-20)9-14(17)13-5-7-16(3,4)8-6-13/h11-14H,5-10,17H2,1-4H3. The lowest BCUT2D eigenvalue weighted by Gasteiger charge is -2.36. The number of nitrogens with two attached hydrogens (primary N) is 1. The highest BCUT2D eigenvalue weighted by Crippen LogP contribution is 2.39. The Kier molecular flexibility index (Phi) is 4.84. The summed E-state index contributed by atoms with van der Waals surface area (Å²) in [5.74, 6) is 2.28. The fourth-order valence-electron chi connectivity index (χ4n) is 3.17. The molecular weight excluding hydrogens is 248 g/mol. The quantitative estimate of drug-likeness (QED) is 0.900. The van der Waals surface area contributed by atoms with E-state index in [1.54, 1.807) is 6.33 Å². The fraction of sp³-hybridized carbons (Fsp3) is 0.875. The lowest BCUT2D eigenvalue weighted by atomic mass is 9.71. The zero-order chi connectivity index (χ0) is 14.8. The average Bonchev–Trinajstić information content (AvgIpc) is 2.75. The van der Waals surface area contributed by atoms with Crippen LogP contribution in [0.5, 0.6) is 0 Å². The molecule has 1 aliphatic carbocycles. The highest BCUT2D eigenvalue weighted by molar-refractivity contribution is 4.93. The van der Waals surface area contributed by atoms with E-state index < -0.39 is 0 Å². The molecule has 4 nitrogen and oxygen atoms in total. The zero-order valence-electron chi connectivity index (χ0n) is 13.5. The third-order valence-corrected chi connectivity index (χ3v) is 4.64. The highest BCUT2D eigenvalue weighted by Gasteiger charge is 2.30. The van der Waals surface area contributed by atoms with Crippen molar-refractivity contribution in [3.05, 3.63) is 12.2 Å². The van der Waals surface area contributed by atoms with Gasteiger partial charge in [0.2, 0.25) is 0 Å². The molecule has 0 aromatic carbocycles. The minimum Gasteiger partial charge on any atom is -0.327 e. The first-order valence-electron chi connectivity index (χ1n) is 7.99. The molecule has 1 fully saturated rings. The Morgan fingerprint density at radius 2 is 2.00 bits per heavy atom. The molecule has 4 heteroatoms. The van der Waals surface area contributed by atoms with Crippen LogP contribution >= 0.6 is 0 Å². The Labute approximate surface area is 123 Å². The van der Waals surface area contributed by atoms with Crippen molar-refractivity contribution >= 4 is 0 Å². The molecule has 0 saturated heterocycles. The van der Waals surface area contributed by atoms with Gasteiger partial charge in [-0.3, -0.25) is 0 Å². The van der Waals surface area contributed by atoms with Crippen molar-refractivity contribution < 1.29 is 0 Å². The van der Waals surface area contributed by atoms with Crippen LogP contribution in [0.15, 0.2) is 6.33 Å². The minimum absolute atomic E-state index is 0.223. The molecule has 2 N–H and O–H groups in total. The number of hydrogen-bond acceptors (Lipinski definition) is 3. The molecule has 0 spiro atoms. The molecule has 20 heavy (non-hydrogen) atoms. The number of nitrogens with zero attached hydrogens (tertiary/aromatic N) is 3. The van der Waals surface area contributed by atoms with Gasteiger partial charge in [-0.15, -0.1) is 0 Å². The van der Waals surface area contributed by atoms with Gasteiger partial charge in [0.05, 0.1) is 0 Å². The Hall–Kier alpha value is -0.900. The van der Waals surface area contributed by atoms with E-state index in [4.69, 9.17) is 5.73 Å². The van der Waals surface area contributed by atoms with Crippen LogP contribution in [0.4, 0.5) is 0 Å². The van der Waals surface area contributed by atoms with Gasteiger partial charge in [0, 0.05) is 19.0 Å². The molecule has 0 radical (unpaired) electrons. The Bertz CT molecular complexity index is 412. The molecule has 0 aliphatic heterocycles. The van der Waals surface area contributed by atoms with E-state index in [9.17, 15) is 0 Å². The van der Waals surface area contributed by atoms with Gasteiger partial charge in [-0.25, -0.2) is 9.67 Å². The van der Waals surface area contributed by atoms with Gasteiger partial charge in [-0.1, -0.05) is 27.7 Å². The first-order chi connectivity index (χ1) is 9.37. The summed E-state index contributed by atoms with van der Waals surface area (Å²) in [7, 11) is 0. The van der Waals surface area contributed by atoms with Crippen LogP contribution in [0.1, 0.15) is 59.2 Å². The third-order valence-electron chi connectivity index (χ3n) is 4.64. The molecule has 1 aromatic heterocycles. The second-order valence-corrected chi connectivity index (χ2v) is 7.62. The summed E-state index contributed by atoms with van der Waals surface area (Å²) in [4.78, 5) is 4.40. The smallest absolute Gasteiger partial charge is 0.138 e. The van der Waals surface area contributed by atoms with E-state index in [0.29, 0.717) is 17.3 Å². The second-order valence-electron chi connectivity index (χ2n) is 7.62. The van der Waals surface area contributed by atoms with Gasteiger partial charge in [0.15, 0.2) is 0 Å². The number of hydrogen-bond donors (Lipinski definition) is 1. The van der Waals surface area contributed by atoms with Crippen molar-refractivity contribution in [2.45, 2.75) is 72.4 Å². The fourth-order valence-corrected chi connectivity index (χ4v) is 3.17. The topological polar surface area (TPSA) is 56.7 Å². The Balaban J connectivity index is 1.92. The third kappa shape index (κ3) is 4.05. The molecule has 1 aliphatic rings. The molecule has 1 saturated carbocycles. The molecule has 1 heterocycles. The Morgan fingerprint density at radius 1 is 1.35 bits per heavy atom. The first-order valence-corrected chi connectivity index (χ1v) is 7.99. The van der Waals surface area contributed by atoms with Gasteiger partial charge in [0.25, 0.3) is 0 Å². The van der Waals surface area contributed by atoms with Crippen molar-refractivity contribution in [3.8, 4) is 0 Å². The van der Waals surface area contributed by atoms with Crippen molar-refractivity contribution in [1.29, 1.82) is 0 Å². The predicted molar refractivity (Wildman–Crippen MR) is 82.3 cm³/mol.